The van der Waals surface area contributed by atoms with Gasteiger partial charge in [0.05, 0.1) is 17.2 Å². The van der Waals surface area contributed by atoms with Crippen LogP contribution in [0.25, 0.3) is 11.2 Å². The number of aliphatic hydroxyl groups is 1. The summed E-state index contributed by atoms with van der Waals surface area (Å²) in [6.07, 6.45) is -18.3. The second-order valence-corrected chi connectivity index (χ2v) is 11.7. The van der Waals surface area contributed by atoms with Crippen LogP contribution in [0.5, 0.6) is 5.88 Å². The molecular weight excluding hydrogens is 705 g/mol. The van der Waals surface area contributed by atoms with E-state index in [1.54, 1.807) is 5.32 Å². The molecule has 3 aromatic rings. The van der Waals surface area contributed by atoms with Crippen LogP contribution in [0.2, 0.25) is 0 Å². The van der Waals surface area contributed by atoms with E-state index in [-0.39, 0.29) is 55.3 Å². The Morgan fingerprint density at radius 3 is 2.20 bits per heavy atom. The fourth-order valence-corrected chi connectivity index (χ4v) is 5.11. The number of hydrogen-bond acceptors (Lipinski definition) is 7. The molecule has 1 aliphatic rings. The first-order valence-electron chi connectivity index (χ1n) is 14.7. The van der Waals surface area contributed by atoms with Gasteiger partial charge in [0, 0.05) is 19.6 Å². The van der Waals surface area contributed by atoms with Crippen LogP contribution in [-0.2, 0) is 24.6 Å². The van der Waals surface area contributed by atoms with E-state index in [1.807, 2.05) is 0 Å². The molecule has 4 N–H and O–H groups in total. The van der Waals surface area contributed by atoms with Gasteiger partial charge in [0.1, 0.15) is 11.1 Å². The summed E-state index contributed by atoms with van der Waals surface area (Å²) < 4.78 is 152. The maximum atomic E-state index is 13.9. The summed E-state index contributed by atoms with van der Waals surface area (Å²) in [5, 5.41) is 16.3. The number of ether oxygens (including phenoxy) is 1. The van der Waals surface area contributed by atoms with Crippen LogP contribution in [0.3, 0.4) is 0 Å². The molecule has 2 heterocycles. The van der Waals surface area contributed by atoms with E-state index in [4.69, 9.17) is 4.74 Å². The van der Waals surface area contributed by atoms with Crippen molar-refractivity contribution in [2.75, 3.05) is 11.9 Å². The molecule has 10 nitrogen and oxygen atoms in total. The highest BCUT2D eigenvalue weighted by atomic mass is 19.4. The fraction of sp³-hybridized carbons (Fsp3) is 0.517. The molecule has 1 unspecified atom stereocenters. The van der Waals surface area contributed by atoms with Gasteiger partial charge in [-0.1, -0.05) is 6.07 Å². The van der Waals surface area contributed by atoms with Crippen molar-refractivity contribution in [2.45, 2.75) is 75.7 Å². The average Bonchev–Trinajstić information content (AvgIpc) is 3.30. The summed E-state index contributed by atoms with van der Waals surface area (Å²) in [7, 11) is 1.26. The normalized spacial score (nSPS) is 18.5. The van der Waals surface area contributed by atoms with Gasteiger partial charge in [-0.25, -0.2) is 13.8 Å². The Labute approximate surface area is 275 Å². The predicted molar refractivity (Wildman–Crippen MR) is 153 cm³/mol. The number of rotatable bonds is 10. The number of carbonyl (C=O) groups is 2. The standard InChI is InChI=1S/C29H29F11N6O4/c1-26(49,29(38,39)40)24(48)41-11-13-3-8-17(28(35,36)37)18(9-13)43-25-44-19-10-16(23(50-12-20(30)31)45-21(19)46(25)2)22(47)42-15-6-4-14(5-7-15)27(32,33)34/h3,8-10,14-15,20,49H,4-7,11-12H2,1-2H3,(H,41,48)(H,42,47)(H,43,44). The molecule has 2 aromatic heterocycles. The first-order chi connectivity index (χ1) is 23.0. The molecule has 1 fully saturated rings. The number of nitrogens with zero attached hydrogens (tertiary/aromatic N) is 3. The largest absolute Gasteiger partial charge is 0.471 e. The number of imidazole rings is 1. The molecule has 0 saturated heterocycles. The van der Waals surface area contributed by atoms with E-state index >= 15 is 0 Å². The van der Waals surface area contributed by atoms with E-state index in [9.17, 15) is 63.0 Å². The lowest BCUT2D eigenvalue weighted by Crippen LogP contribution is -2.54. The maximum absolute atomic E-state index is 13.9. The maximum Gasteiger partial charge on any atom is 0.426 e. The molecule has 0 aliphatic heterocycles. The Morgan fingerprint density at radius 2 is 1.64 bits per heavy atom. The van der Waals surface area contributed by atoms with Crippen molar-refractivity contribution in [2.24, 2.45) is 13.0 Å². The molecule has 276 valence electrons. The third-order valence-corrected chi connectivity index (χ3v) is 8.01. The second-order valence-electron chi connectivity index (χ2n) is 11.7. The summed E-state index contributed by atoms with van der Waals surface area (Å²) in [4.78, 5) is 33.3. The number of hydrogen-bond donors (Lipinski definition) is 4. The summed E-state index contributed by atoms with van der Waals surface area (Å²) >= 11 is 0. The van der Waals surface area contributed by atoms with E-state index in [0.29, 0.717) is 6.07 Å². The van der Waals surface area contributed by atoms with Gasteiger partial charge >= 0.3 is 18.5 Å². The molecule has 0 bridgehead atoms. The Kier molecular flexibility index (Phi) is 10.8. The molecule has 1 aromatic carbocycles. The van der Waals surface area contributed by atoms with Crippen LogP contribution >= 0.6 is 0 Å². The van der Waals surface area contributed by atoms with E-state index in [0.717, 1.165) is 22.8 Å². The zero-order valence-corrected chi connectivity index (χ0v) is 26.0. The van der Waals surface area contributed by atoms with Crippen molar-refractivity contribution in [1.82, 2.24) is 25.2 Å². The highest BCUT2D eigenvalue weighted by Gasteiger charge is 2.55. The van der Waals surface area contributed by atoms with Gasteiger partial charge in [-0.3, -0.25) is 14.2 Å². The van der Waals surface area contributed by atoms with Gasteiger partial charge in [-0.2, -0.15) is 44.5 Å². The minimum atomic E-state index is -5.35. The molecule has 0 radical (unpaired) electrons. The minimum Gasteiger partial charge on any atom is -0.471 e. The first-order valence-corrected chi connectivity index (χ1v) is 14.7. The molecule has 1 atom stereocenters. The monoisotopic (exact) mass is 734 g/mol. The lowest BCUT2D eigenvalue weighted by Gasteiger charge is -2.30. The lowest BCUT2D eigenvalue weighted by molar-refractivity contribution is -0.245. The predicted octanol–water partition coefficient (Wildman–Crippen LogP) is 6.16. The average molecular weight is 735 g/mol. The van der Waals surface area contributed by atoms with Crippen molar-refractivity contribution in [1.29, 1.82) is 0 Å². The van der Waals surface area contributed by atoms with E-state index < -0.39 is 90.2 Å². The van der Waals surface area contributed by atoms with Gasteiger partial charge in [-0.15, -0.1) is 0 Å². The van der Waals surface area contributed by atoms with Gasteiger partial charge in [-0.05, 0) is 56.4 Å². The topological polar surface area (TPSA) is 130 Å². The zero-order valence-electron chi connectivity index (χ0n) is 26.0. The number of fused-ring (bicyclic) bond motifs is 1. The second kappa shape index (κ2) is 14.1. The molecule has 2 amide bonds. The number of halogens is 11. The van der Waals surface area contributed by atoms with Crippen LogP contribution in [0, 0.1) is 5.92 Å². The van der Waals surface area contributed by atoms with Crippen LogP contribution in [0.4, 0.5) is 59.9 Å². The van der Waals surface area contributed by atoms with Gasteiger partial charge in [0.2, 0.25) is 17.4 Å². The third-order valence-electron chi connectivity index (χ3n) is 8.01. The molecule has 1 aliphatic carbocycles. The number of amides is 2. The van der Waals surface area contributed by atoms with Crippen molar-refractivity contribution in [3.63, 3.8) is 0 Å². The number of anilines is 2. The van der Waals surface area contributed by atoms with Crippen molar-refractivity contribution in [3.8, 4) is 5.88 Å². The fourth-order valence-electron chi connectivity index (χ4n) is 5.11. The van der Waals surface area contributed by atoms with Crippen molar-refractivity contribution in [3.05, 3.63) is 41.0 Å². The number of benzene rings is 1. The molecule has 50 heavy (non-hydrogen) atoms. The zero-order chi connectivity index (χ0) is 37.4. The number of aryl methyl sites for hydroxylation is 1. The van der Waals surface area contributed by atoms with Crippen LogP contribution in [-0.4, -0.2) is 68.5 Å². The van der Waals surface area contributed by atoms with Crippen molar-refractivity contribution >= 4 is 34.6 Å². The van der Waals surface area contributed by atoms with Gasteiger partial charge in [0.25, 0.3) is 18.2 Å². The molecule has 1 saturated carbocycles. The summed E-state index contributed by atoms with van der Waals surface area (Å²) in [6, 6.07) is 2.65. The number of aromatic nitrogens is 3. The summed E-state index contributed by atoms with van der Waals surface area (Å²) in [5.41, 5.74) is -6.61. The number of nitrogens with one attached hydrogen (secondary N) is 3. The van der Waals surface area contributed by atoms with E-state index in [1.165, 1.54) is 7.05 Å². The van der Waals surface area contributed by atoms with Crippen LogP contribution < -0.4 is 20.7 Å². The number of alkyl halides is 11. The Balaban J connectivity index is 1.64. The molecule has 0 spiro atoms. The molecular formula is C29H29F11N6O4. The van der Waals surface area contributed by atoms with Gasteiger partial charge < -0.3 is 25.8 Å². The third kappa shape index (κ3) is 8.64. The van der Waals surface area contributed by atoms with E-state index in [2.05, 4.69) is 20.6 Å². The SMILES string of the molecule is Cn1c(Nc2cc(CNC(=O)C(C)(O)C(F)(F)F)ccc2C(F)(F)F)nc2cc(C(=O)NC3CCC(C(F)(F)F)CC3)c(OCC(F)F)nc21. The van der Waals surface area contributed by atoms with Crippen LogP contribution in [0.1, 0.15) is 54.1 Å². The quantitative estimate of drug-likeness (QED) is 0.184. The summed E-state index contributed by atoms with van der Waals surface area (Å²) in [5.74, 6) is -5.29. The van der Waals surface area contributed by atoms with Gasteiger partial charge in [0.15, 0.2) is 12.3 Å². The van der Waals surface area contributed by atoms with Crippen molar-refractivity contribution < 1.29 is 67.7 Å². The first kappa shape index (κ1) is 38.4. The Morgan fingerprint density at radius 1 is 1.00 bits per heavy atom. The Hall–Kier alpha value is -4.43. The smallest absolute Gasteiger partial charge is 0.426 e. The molecule has 4 rings (SSSR count). The molecule has 21 heteroatoms. The highest BCUT2D eigenvalue weighted by molar-refractivity contribution is 5.99. The highest BCUT2D eigenvalue weighted by Crippen LogP contribution is 2.39. The number of pyridine rings is 1. The minimum absolute atomic E-state index is 0.0254. The van der Waals surface area contributed by atoms with Crippen LogP contribution in [0.15, 0.2) is 24.3 Å². The summed E-state index contributed by atoms with van der Waals surface area (Å²) in [6.45, 7) is -1.75. The Bertz CT molecular complexity index is 1710. The number of carbonyl (C=O) groups excluding carboxylic acids is 2. The lowest BCUT2D eigenvalue weighted by atomic mass is 9.85.